The summed E-state index contributed by atoms with van der Waals surface area (Å²) < 4.78 is 11.5. The van der Waals surface area contributed by atoms with Crippen LogP contribution >= 0.6 is 0 Å². The van der Waals surface area contributed by atoms with Crippen molar-refractivity contribution in [1.29, 1.82) is 0 Å². The topological polar surface area (TPSA) is 113 Å². The van der Waals surface area contributed by atoms with Crippen LogP contribution in [-0.2, 0) is 16.1 Å². The first-order valence-corrected chi connectivity index (χ1v) is 8.23. The number of nitro groups is 1. The molecule has 1 amide bonds. The number of para-hydroxylation sites is 1. The summed E-state index contributed by atoms with van der Waals surface area (Å²) in [5.41, 5.74) is 1.05. The molecule has 0 saturated heterocycles. The molecule has 1 heterocycles. The minimum absolute atomic E-state index is 0.108. The van der Waals surface area contributed by atoms with Crippen molar-refractivity contribution in [3.8, 4) is 5.75 Å². The lowest BCUT2D eigenvalue weighted by Gasteiger charge is -2.11. The summed E-state index contributed by atoms with van der Waals surface area (Å²) in [5, 5.41) is 14.3. The Balaban J connectivity index is 1.89. The Hall–Kier alpha value is -3.88. The van der Waals surface area contributed by atoms with E-state index < -0.39 is 16.8 Å². The normalized spacial score (nSPS) is 10.5. The van der Waals surface area contributed by atoms with Crippen LogP contribution in [0.2, 0.25) is 0 Å². The van der Waals surface area contributed by atoms with E-state index in [1.54, 1.807) is 35.0 Å². The SMILES string of the molecule is COC(=O)c1cn(CC(=O)Nc2cc([N+](=O)[O-])ccc2OC)c2ccccc12. The molecule has 9 heteroatoms. The Morgan fingerprint density at radius 2 is 1.93 bits per heavy atom. The molecule has 0 spiro atoms. The van der Waals surface area contributed by atoms with E-state index in [0.29, 0.717) is 22.2 Å². The van der Waals surface area contributed by atoms with Crippen LogP contribution < -0.4 is 10.1 Å². The number of ether oxygens (including phenoxy) is 2. The molecule has 0 saturated carbocycles. The van der Waals surface area contributed by atoms with E-state index in [1.807, 2.05) is 0 Å². The molecule has 0 unspecified atom stereocenters. The van der Waals surface area contributed by atoms with Gasteiger partial charge in [0.15, 0.2) is 0 Å². The maximum absolute atomic E-state index is 12.5. The van der Waals surface area contributed by atoms with Crippen LogP contribution in [0.4, 0.5) is 11.4 Å². The lowest BCUT2D eigenvalue weighted by molar-refractivity contribution is -0.384. The predicted molar refractivity (Wildman–Crippen MR) is 102 cm³/mol. The molecule has 0 aliphatic carbocycles. The second-order valence-electron chi connectivity index (χ2n) is 5.87. The molecule has 1 N–H and O–H groups in total. The minimum Gasteiger partial charge on any atom is -0.495 e. The molecular weight excluding hydrogens is 366 g/mol. The number of benzene rings is 2. The summed E-state index contributed by atoms with van der Waals surface area (Å²) in [7, 11) is 2.69. The first-order chi connectivity index (χ1) is 13.4. The molecule has 0 radical (unpaired) electrons. The number of hydrogen-bond donors (Lipinski definition) is 1. The summed E-state index contributed by atoms with van der Waals surface area (Å²) in [6.45, 7) is -0.108. The van der Waals surface area contributed by atoms with E-state index in [9.17, 15) is 19.7 Å². The summed E-state index contributed by atoms with van der Waals surface area (Å²) in [6, 6.07) is 11.0. The Kier molecular flexibility index (Phi) is 5.25. The third-order valence-corrected chi connectivity index (χ3v) is 4.18. The average Bonchev–Trinajstić information content (AvgIpc) is 3.05. The smallest absolute Gasteiger partial charge is 0.340 e. The number of nitro benzene ring substituents is 1. The molecular formula is C19H17N3O6. The number of amides is 1. The Bertz CT molecular complexity index is 1070. The van der Waals surface area contributed by atoms with Gasteiger partial charge in [-0.3, -0.25) is 14.9 Å². The van der Waals surface area contributed by atoms with Gasteiger partial charge in [-0.2, -0.15) is 0 Å². The molecule has 144 valence electrons. The fraction of sp³-hybridized carbons (Fsp3) is 0.158. The maximum atomic E-state index is 12.5. The molecule has 0 atom stereocenters. The van der Waals surface area contributed by atoms with Crippen LogP contribution in [0.5, 0.6) is 5.75 Å². The zero-order valence-electron chi connectivity index (χ0n) is 15.2. The van der Waals surface area contributed by atoms with Gasteiger partial charge in [-0.15, -0.1) is 0 Å². The summed E-state index contributed by atoms with van der Waals surface area (Å²) in [6.07, 6.45) is 1.54. The molecule has 3 rings (SSSR count). The number of rotatable bonds is 6. The highest BCUT2D eigenvalue weighted by molar-refractivity contribution is 6.05. The molecule has 1 aromatic heterocycles. The van der Waals surface area contributed by atoms with Crippen LogP contribution in [0.1, 0.15) is 10.4 Å². The van der Waals surface area contributed by atoms with Crippen molar-refractivity contribution < 1.29 is 24.0 Å². The molecule has 0 aliphatic rings. The van der Waals surface area contributed by atoms with E-state index in [4.69, 9.17) is 9.47 Å². The number of methoxy groups -OCH3 is 2. The van der Waals surface area contributed by atoms with Gasteiger partial charge < -0.3 is 19.4 Å². The first kappa shape index (κ1) is 18.9. The zero-order valence-corrected chi connectivity index (χ0v) is 15.2. The van der Waals surface area contributed by atoms with E-state index in [-0.39, 0.29) is 17.9 Å². The highest BCUT2D eigenvalue weighted by Gasteiger charge is 2.18. The number of non-ortho nitro benzene ring substituents is 1. The Morgan fingerprint density at radius 3 is 2.61 bits per heavy atom. The lowest BCUT2D eigenvalue weighted by Crippen LogP contribution is -2.18. The van der Waals surface area contributed by atoms with Gasteiger partial charge in [0.2, 0.25) is 5.91 Å². The van der Waals surface area contributed by atoms with Crippen molar-refractivity contribution in [2.45, 2.75) is 6.54 Å². The molecule has 2 aromatic carbocycles. The van der Waals surface area contributed by atoms with Crippen molar-refractivity contribution in [2.24, 2.45) is 0 Å². The molecule has 0 fully saturated rings. The van der Waals surface area contributed by atoms with Gasteiger partial charge in [-0.1, -0.05) is 18.2 Å². The van der Waals surface area contributed by atoms with Gasteiger partial charge in [0.05, 0.1) is 30.4 Å². The van der Waals surface area contributed by atoms with E-state index in [2.05, 4.69) is 5.32 Å². The van der Waals surface area contributed by atoms with Gasteiger partial charge in [0, 0.05) is 29.2 Å². The van der Waals surface area contributed by atoms with Gasteiger partial charge in [-0.25, -0.2) is 4.79 Å². The highest BCUT2D eigenvalue weighted by atomic mass is 16.6. The maximum Gasteiger partial charge on any atom is 0.340 e. The lowest BCUT2D eigenvalue weighted by atomic mass is 10.2. The number of anilines is 1. The number of carbonyl (C=O) groups is 2. The second-order valence-corrected chi connectivity index (χ2v) is 5.87. The van der Waals surface area contributed by atoms with Gasteiger partial charge in [0.1, 0.15) is 12.3 Å². The number of aromatic nitrogens is 1. The number of nitrogens with one attached hydrogen (secondary N) is 1. The quantitative estimate of drug-likeness (QED) is 0.398. The van der Waals surface area contributed by atoms with Crippen molar-refractivity contribution in [2.75, 3.05) is 19.5 Å². The summed E-state index contributed by atoms with van der Waals surface area (Å²) in [5.74, 6) is -0.641. The summed E-state index contributed by atoms with van der Waals surface area (Å²) >= 11 is 0. The second kappa shape index (κ2) is 7.78. The number of nitrogens with zero attached hydrogens (tertiary/aromatic N) is 2. The van der Waals surface area contributed by atoms with Crippen LogP contribution in [0.3, 0.4) is 0 Å². The van der Waals surface area contributed by atoms with Crippen molar-refractivity contribution in [3.63, 3.8) is 0 Å². The number of fused-ring (bicyclic) bond motifs is 1. The Morgan fingerprint density at radius 1 is 1.18 bits per heavy atom. The van der Waals surface area contributed by atoms with Crippen LogP contribution in [0.25, 0.3) is 10.9 Å². The van der Waals surface area contributed by atoms with Crippen molar-refractivity contribution >= 4 is 34.2 Å². The number of hydrogen-bond acceptors (Lipinski definition) is 6. The van der Waals surface area contributed by atoms with Gasteiger partial charge in [-0.05, 0) is 12.1 Å². The average molecular weight is 383 g/mol. The predicted octanol–water partition coefficient (Wildman–Crippen LogP) is 2.98. The fourth-order valence-corrected chi connectivity index (χ4v) is 2.90. The van der Waals surface area contributed by atoms with Crippen molar-refractivity contribution in [1.82, 2.24) is 4.57 Å². The number of esters is 1. The third-order valence-electron chi connectivity index (χ3n) is 4.18. The minimum atomic E-state index is -0.558. The largest absolute Gasteiger partial charge is 0.495 e. The Labute approximate surface area is 159 Å². The molecule has 9 nitrogen and oxygen atoms in total. The third kappa shape index (κ3) is 3.63. The fourth-order valence-electron chi connectivity index (χ4n) is 2.90. The number of carbonyl (C=O) groups excluding carboxylic acids is 2. The first-order valence-electron chi connectivity index (χ1n) is 8.23. The molecule has 0 bridgehead atoms. The zero-order chi connectivity index (χ0) is 20.3. The van der Waals surface area contributed by atoms with Gasteiger partial charge >= 0.3 is 5.97 Å². The summed E-state index contributed by atoms with van der Waals surface area (Å²) in [4.78, 5) is 35.0. The molecule has 3 aromatic rings. The van der Waals surface area contributed by atoms with E-state index >= 15 is 0 Å². The monoisotopic (exact) mass is 383 g/mol. The molecule has 28 heavy (non-hydrogen) atoms. The van der Waals surface area contributed by atoms with Gasteiger partial charge in [0.25, 0.3) is 5.69 Å². The van der Waals surface area contributed by atoms with Crippen LogP contribution in [-0.4, -0.2) is 35.6 Å². The van der Waals surface area contributed by atoms with Crippen LogP contribution in [0, 0.1) is 10.1 Å². The highest BCUT2D eigenvalue weighted by Crippen LogP contribution is 2.29. The standard InChI is InChI=1S/C19H17N3O6/c1-27-17-8-7-12(22(25)26)9-15(17)20-18(23)11-21-10-14(19(24)28-2)13-5-3-4-6-16(13)21/h3-10H,11H2,1-2H3,(H,20,23). The van der Waals surface area contributed by atoms with Crippen LogP contribution in [0.15, 0.2) is 48.7 Å². The van der Waals surface area contributed by atoms with Crippen molar-refractivity contribution in [3.05, 3.63) is 64.3 Å². The van der Waals surface area contributed by atoms with E-state index in [0.717, 1.165) is 0 Å². The van der Waals surface area contributed by atoms with E-state index in [1.165, 1.54) is 32.4 Å². The molecule has 0 aliphatic heterocycles.